The summed E-state index contributed by atoms with van der Waals surface area (Å²) in [7, 11) is 0. The zero-order chi connectivity index (χ0) is 13.3. The largest absolute Gasteiger partial charge is 0.337 e. The molecule has 3 rings (SSSR count). The smallest absolute Gasteiger partial charge is 0.273 e. The number of H-pyrrole nitrogens is 1. The number of aromatic nitrogens is 3. The number of likely N-dealkylation sites (tertiary alicyclic amines) is 1. The molecule has 0 atom stereocenters. The minimum atomic E-state index is 0.0490. The molecule has 0 radical (unpaired) electrons. The van der Waals surface area contributed by atoms with Gasteiger partial charge in [0.25, 0.3) is 5.91 Å². The summed E-state index contributed by atoms with van der Waals surface area (Å²) in [6.07, 6.45) is 3.68. The minimum absolute atomic E-state index is 0.0490. The summed E-state index contributed by atoms with van der Waals surface area (Å²) >= 11 is 1.46. The Morgan fingerprint density at radius 3 is 2.84 bits per heavy atom. The molecule has 5 nitrogen and oxygen atoms in total. The van der Waals surface area contributed by atoms with Gasteiger partial charge in [0.2, 0.25) is 0 Å². The van der Waals surface area contributed by atoms with Crippen molar-refractivity contribution >= 4 is 17.2 Å². The van der Waals surface area contributed by atoms with Crippen LogP contribution in [0.1, 0.15) is 35.9 Å². The number of nitrogens with zero attached hydrogens (tertiary/aromatic N) is 3. The first kappa shape index (κ1) is 12.3. The molecule has 2 aromatic rings. The molecule has 19 heavy (non-hydrogen) atoms. The predicted molar refractivity (Wildman–Crippen MR) is 73.2 cm³/mol. The Bertz CT molecular complexity index is 541. The summed E-state index contributed by atoms with van der Waals surface area (Å²) < 4.78 is 0. The van der Waals surface area contributed by atoms with Crippen LogP contribution < -0.4 is 0 Å². The standard InChI is InChI=1S/C13H16N4OS/c1-13(11-2-5-15-16-11)3-6-17(7-4-13)12(18)10-8-19-9-14-10/h2,5,8-9H,3-4,6-7H2,1H3,(H,15,16). The quantitative estimate of drug-likeness (QED) is 0.913. The fourth-order valence-corrected chi connectivity index (χ4v) is 3.07. The van der Waals surface area contributed by atoms with Crippen molar-refractivity contribution in [3.8, 4) is 0 Å². The van der Waals surface area contributed by atoms with Crippen LogP contribution in [-0.2, 0) is 5.41 Å². The number of nitrogens with one attached hydrogen (secondary N) is 1. The number of amides is 1. The molecule has 1 aliphatic heterocycles. The number of aromatic amines is 1. The van der Waals surface area contributed by atoms with E-state index in [0.29, 0.717) is 5.69 Å². The molecule has 0 unspecified atom stereocenters. The zero-order valence-electron chi connectivity index (χ0n) is 10.8. The van der Waals surface area contributed by atoms with Gasteiger partial charge in [0.15, 0.2) is 0 Å². The van der Waals surface area contributed by atoms with Crippen molar-refractivity contribution in [2.45, 2.75) is 25.2 Å². The number of carbonyl (C=O) groups is 1. The van der Waals surface area contributed by atoms with Gasteiger partial charge in [-0.15, -0.1) is 11.3 Å². The Labute approximate surface area is 115 Å². The Morgan fingerprint density at radius 1 is 1.47 bits per heavy atom. The van der Waals surface area contributed by atoms with Crippen LogP contribution >= 0.6 is 11.3 Å². The topological polar surface area (TPSA) is 61.9 Å². The van der Waals surface area contributed by atoms with E-state index in [2.05, 4.69) is 22.1 Å². The van der Waals surface area contributed by atoms with Crippen molar-refractivity contribution in [3.63, 3.8) is 0 Å². The normalized spacial score (nSPS) is 18.5. The van der Waals surface area contributed by atoms with E-state index in [1.165, 1.54) is 11.3 Å². The molecule has 0 aliphatic carbocycles. The fourth-order valence-electron chi connectivity index (χ4n) is 2.54. The van der Waals surface area contributed by atoms with Crippen LogP contribution in [0.4, 0.5) is 0 Å². The monoisotopic (exact) mass is 276 g/mol. The predicted octanol–water partition coefficient (Wildman–Crippen LogP) is 2.06. The molecule has 1 amide bonds. The minimum Gasteiger partial charge on any atom is -0.337 e. The maximum absolute atomic E-state index is 12.2. The Balaban J connectivity index is 1.68. The van der Waals surface area contributed by atoms with E-state index in [1.807, 2.05) is 16.3 Å². The highest BCUT2D eigenvalue weighted by atomic mass is 32.1. The lowest BCUT2D eigenvalue weighted by molar-refractivity contribution is 0.0668. The number of carbonyl (C=O) groups excluding carboxylic acids is 1. The number of hydrogen-bond acceptors (Lipinski definition) is 4. The summed E-state index contributed by atoms with van der Waals surface area (Å²) in [6.45, 7) is 3.77. The molecular formula is C13H16N4OS. The van der Waals surface area contributed by atoms with Crippen LogP contribution in [0.3, 0.4) is 0 Å². The lowest BCUT2D eigenvalue weighted by atomic mass is 9.77. The maximum atomic E-state index is 12.2. The number of piperidine rings is 1. The fraction of sp³-hybridized carbons (Fsp3) is 0.462. The number of hydrogen-bond donors (Lipinski definition) is 1. The third-order valence-corrected chi connectivity index (χ3v) is 4.54. The van der Waals surface area contributed by atoms with Crippen LogP contribution in [0.5, 0.6) is 0 Å². The van der Waals surface area contributed by atoms with Crippen molar-refractivity contribution in [1.29, 1.82) is 0 Å². The molecule has 0 saturated carbocycles. The van der Waals surface area contributed by atoms with Gasteiger partial charge in [-0.2, -0.15) is 5.10 Å². The van der Waals surface area contributed by atoms with Crippen molar-refractivity contribution in [2.24, 2.45) is 0 Å². The Morgan fingerprint density at radius 2 is 2.26 bits per heavy atom. The second kappa shape index (κ2) is 4.77. The molecule has 1 fully saturated rings. The average molecular weight is 276 g/mol. The SMILES string of the molecule is CC1(c2ccn[nH]2)CCN(C(=O)c2cscn2)CC1. The lowest BCUT2D eigenvalue weighted by Gasteiger charge is -2.38. The van der Waals surface area contributed by atoms with Crippen molar-refractivity contribution in [3.05, 3.63) is 34.5 Å². The summed E-state index contributed by atoms with van der Waals surface area (Å²) in [5.74, 6) is 0.0490. The number of rotatable bonds is 2. The van der Waals surface area contributed by atoms with E-state index >= 15 is 0 Å². The first-order chi connectivity index (χ1) is 9.19. The van der Waals surface area contributed by atoms with Gasteiger partial charge in [-0.3, -0.25) is 9.89 Å². The first-order valence-electron chi connectivity index (χ1n) is 6.36. The van der Waals surface area contributed by atoms with E-state index in [9.17, 15) is 4.79 Å². The van der Waals surface area contributed by atoms with Gasteiger partial charge in [-0.05, 0) is 18.9 Å². The van der Waals surface area contributed by atoms with E-state index in [4.69, 9.17) is 0 Å². The summed E-state index contributed by atoms with van der Waals surface area (Å²) in [5.41, 5.74) is 3.52. The molecule has 6 heteroatoms. The van der Waals surface area contributed by atoms with Gasteiger partial charge in [0.05, 0.1) is 5.51 Å². The van der Waals surface area contributed by atoms with Crippen molar-refractivity contribution in [1.82, 2.24) is 20.1 Å². The van der Waals surface area contributed by atoms with Crippen molar-refractivity contribution in [2.75, 3.05) is 13.1 Å². The molecule has 1 N–H and O–H groups in total. The third kappa shape index (κ3) is 2.28. The molecule has 0 spiro atoms. The molecule has 2 aromatic heterocycles. The lowest BCUT2D eigenvalue weighted by Crippen LogP contribution is -2.44. The summed E-state index contributed by atoms with van der Waals surface area (Å²) in [6, 6.07) is 2.03. The van der Waals surface area contributed by atoms with Crippen molar-refractivity contribution < 1.29 is 4.79 Å². The van der Waals surface area contributed by atoms with Crippen LogP contribution in [0.15, 0.2) is 23.2 Å². The van der Waals surface area contributed by atoms with E-state index in [0.717, 1.165) is 31.6 Å². The van der Waals surface area contributed by atoms with E-state index < -0.39 is 0 Å². The highest BCUT2D eigenvalue weighted by molar-refractivity contribution is 7.07. The maximum Gasteiger partial charge on any atom is 0.273 e. The Kier molecular flexibility index (Phi) is 3.10. The second-order valence-electron chi connectivity index (χ2n) is 5.20. The van der Waals surface area contributed by atoms with E-state index in [-0.39, 0.29) is 11.3 Å². The average Bonchev–Trinajstić information content (AvgIpc) is 3.12. The van der Waals surface area contributed by atoms with Gasteiger partial charge >= 0.3 is 0 Å². The van der Waals surface area contributed by atoms with E-state index in [1.54, 1.807) is 11.7 Å². The number of thiazole rings is 1. The molecule has 1 aliphatic rings. The molecular weight excluding hydrogens is 260 g/mol. The highest BCUT2D eigenvalue weighted by Gasteiger charge is 2.34. The molecule has 100 valence electrons. The van der Waals surface area contributed by atoms with Gasteiger partial charge in [-0.1, -0.05) is 6.92 Å². The first-order valence-corrected chi connectivity index (χ1v) is 7.31. The summed E-state index contributed by atoms with van der Waals surface area (Å²) in [5, 5.41) is 8.89. The van der Waals surface area contributed by atoms with Crippen LogP contribution in [0, 0.1) is 0 Å². The molecule has 0 aromatic carbocycles. The highest BCUT2D eigenvalue weighted by Crippen LogP contribution is 2.33. The van der Waals surface area contributed by atoms with Gasteiger partial charge in [0.1, 0.15) is 5.69 Å². The summed E-state index contributed by atoms with van der Waals surface area (Å²) in [4.78, 5) is 18.2. The zero-order valence-corrected chi connectivity index (χ0v) is 11.6. The Hall–Kier alpha value is -1.69. The van der Waals surface area contributed by atoms with Gasteiger partial charge < -0.3 is 4.90 Å². The van der Waals surface area contributed by atoms with Crippen LogP contribution in [0.2, 0.25) is 0 Å². The van der Waals surface area contributed by atoms with Crippen LogP contribution in [-0.4, -0.2) is 39.1 Å². The van der Waals surface area contributed by atoms with Crippen LogP contribution in [0.25, 0.3) is 0 Å². The molecule has 3 heterocycles. The van der Waals surface area contributed by atoms with Gasteiger partial charge in [-0.25, -0.2) is 4.98 Å². The third-order valence-electron chi connectivity index (χ3n) is 3.96. The van der Waals surface area contributed by atoms with Gasteiger partial charge in [0, 0.05) is 35.8 Å². The second-order valence-corrected chi connectivity index (χ2v) is 5.92. The molecule has 1 saturated heterocycles. The molecule has 0 bridgehead atoms.